The first-order valence-corrected chi connectivity index (χ1v) is 15.9. The number of fused-ring (bicyclic) bond motifs is 3. The normalized spacial score (nSPS) is 11.3. The van der Waals surface area contributed by atoms with Crippen molar-refractivity contribution in [2.24, 2.45) is 0 Å². The Morgan fingerprint density at radius 3 is 0.878 bits per heavy atom. The van der Waals surface area contributed by atoms with Crippen molar-refractivity contribution in [1.82, 2.24) is 29.9 Å². The van der Waals surface area contributed by atoms with Gasteiger partial charge in [-0.1, -0.05) is 36.4 Å². The summed E-state index contributed by atoms with van der Waals surface area (Å²) in [5.74, 6) is 0. The lowest BCUT2D eigenvalue weighted by atomic mass is 9.88. The van der Waals surface area contributed by atoms with Gasteiger partial charge in [0.25, 0.3) is 0 Å². The van der Waals surface area contributed by atoms with Gasteiger partial charge in [0, 0.05) is 70.2 Å². The molecule has 9 aromatic rings. The lowest BCUT2D eigenvalue weighted by Crippen LogP contribution is -1.96. The molecule has 0 amide bonds. The second kappa shape index (κ2) is 12.1. The first-order valence-electron chi connectivity index (χ1n) is 15.9. The second-order valence-electron chi connectivity index (χ2n) is 11.5. The van der Waals surface area contributed by atoms with Crippen molar-refractivity contribution in [2.45, 2.75) is 0 Å². The number of hydrogen-bond acceptors (Lipinski definition) is 7. The molecule has 7 heteroatoms. The summed E-state index contributed by atoms with van der Waals surface area (Å²) >= 11 is 0. The Morgan fingerprint density at radius 2 is 0.592 bits per heavy atom. The molecule has 7 heterocycles. The van der Waals surface area contributed by atoms with E-state index in [1.54, 1.807) is 24.8 Å². The van der Waals surface area contributed by atoms with Crippen LogP contribution < -0.4 is 0 Å². The van der Waals surface area contributed by atoms with Gasteiger partial charge in [-0.15, -0.1) is 0 Å². The van der Waals surface area contributed by atoms with Crippen molar-refractivity contribution in [3.05, 3.63) is 159 Å². The molecule has 0 bridgehead atoms. The maximum absolute atomic E-state index is 7.15. The topological polar surface area (TPSA) is 90.5 Å². The van der Waals surface area contributed by atoms with E-state index in [0.29, 0.717) is 11.2 Å². The van der Waals surface area contributed by atoms with Gasteiger partial charge in [0.1, 0.15) is 11.2 Å². The van der Waals surface area contributed by atoms with Gasteiger partial charge in [-0.05, 0) is 84.9 Å². The molecular weight excluding hydrogens is 605 g/mol. The number of aromatic nitrogens is 6. The van der Waals surface area contributed by atoms with E-state index in [-0.39, 0.29) is 0 Å². The Labute approximate surface area is 281 Å². The fraction of sp³-hybridized carbons (Fsp3) is 0. The molecule has 9 rings (SSSR count). The molecule has 230 valence electrons. The number of nitrogens with zero attached hydrogens (tertiary/aromatic N) is 6. The molecule has 0 unspecified atom stereocenters. The minimum absolute atomic E-state index is 0.691. The molecule has 0 saturated heterocycles. The molecule has 0 N–H and O–H groups in total. The lowest BCUT2D eigenvalue weighted by Gasteiger charge is -2.15. The van der Waals surface area contributed by atoms with Gasteiger partial charge in [0.2, 0.25) is 0 Å². The van der Waals surface area contributed by atoms with Crippen LogP contribution in [0.1, 0.15) is 0 Å². The lowest BCUT2D eigenvalue weighted by molar-refractivity contribution is 0.671. The Balaban J connectivity index is 1.52. The van der Waals surface area contributed by atoms with Gasteiger partial charge < -0.3 is 4.42 Å². The Hall–Kier alpha value is -6.86. The third kappa shape index (κ3) is 4.92. The summed E-state index contributed by atoms with van der Waals surface area (Å²) in [5, 5.41) is 1.83. The van der Waals surface area contributed by atoms with Crippen molar-refractivity contribution >= 4 is 21.9 Å². The highest BCUT2D eigenvalue weighted by molar-refractivity contribution is 6.20. The number of benzene rings is 2. The summed E-state index contributed by atoms with van der Waals surface area (Å²) < 4.78 is 7.15. The van der Waals surface area contributed by atoms with Crippen LogP contribution in [-0.2, 0) is 0 Å². The van der Waals surface area contributed by atoms with E-state index >= 15 is 0 Å². The van der Waals surface area contributed by atoms with Crippen LogP contribution in [0.4, 0.5) is 0 Å². The van der Waals surface area contributed by atoms with E-state index < -0.39 is 0 Å². The van der Waals surface area contributed by atoms with Crippen molar-refractivity contribution < 1.29 is 4.42 Å². The zero-order valence-corrected chi connectivity index (χ0v) is 26.1. The van der Waals surface area contributed by atoms with E-state index in [2.05, 4.69) is 12.1 Å². The summed E-state index contributed by atoms with van der Waals surface area (Å²) in [5.41, 5.74) is 11.4. The minimum atomic E-state index is 0.691. The highest BCUT2D eigenvalue weighted by Gasteiger charge is 2.28. The first-order chi connectivity index (χ1) is 24.3. The van der Waals surface area contributed by atoms with E-state index in [1.165, 1.54) is 0 Å². The highest BCUT2D eigenvalue weighted by Crippen LogP contribution is 2.50. The minimum Gasteiger partial charge on any atom is -0.455 e. The molecule has 0 spiro atoms. The van der Waals surface area contributed by atoms with Gasteiger partial charge >= 0.3 is 0 Å². The summed E-state index contributed by atoms with van der Waals surface area (Å²) in [6, 6.07) is 39.9. The third-order valence-electron chi connectivity index (χ3n) is 8.62. The van der Waals surface area contributed by atoms with Crippen molar-refractivity contribution in [3.8, 4) is 67.5 Å². The van der Waals surface area contributed by atoms with Crippen LogP contribution in [0.2, 0.25) is 0 Å². The van der Waals surface area contributed by atoms with Crippen molar-refractivity contribution in [1.29, 1.82) is 0 Å². The number of hydrogen-bond donors (Lipinski definition) is 0. The fourth-order valence-electron chi connectivity index (χ4n) is 6.56. The number of furan rings is 1. The molecule has 2 aromatic carbocycles. The predicted molar refractivity (Wildman–Crippen MR) is 193 cm³/mol. The van der Waals surface area contributed by atoms with Gasteiger partial charge in [-0.3, -0.25) is 29.9 Å². The molecule has 0 atom stereocenters. The zero-order chi connectivity index (χ0) is 32.6. The highest BCUT2D eigenvalue weighted by atomic mass is 16.3. The average Bonchev–Trinajstić information content (AvgIpc) is 3.56. The Morgan fingerprint density at radius 1 is 0.306 bits per heavy atom. The molecule has 0 aliphatic rings. The number of rotatable bonds is 6. The molecule has 0 fully saturated rings. The van der Waals surface area contributed by atoms with Crippen LogP contribution in [0, 0.1) is 0 Å². The molecular formula is C42H26N6O. The summed E-state index contributed by atoms with van der Waals surface area (Å²) in [7, 11) is 0. The second-order valence-corrected chi connectivity index (χ2v) is 11.5. The van der Waals surface area contributed by atoms with Crippen LogP contribution >= 0.6 is 0 Å². The summed E-state index contributed by atoms with van der Waals surface area (Å²) in [6.45, 7) is 0. The summed E-state index contributed by atoms with van der Waals surface area (Å²) in [4.78, 5) is 29.0. The molecule has 0 saturated carbocycles. The van der Waals surface area contributed by atoms with Crippen molar-refractivity contribution in [2.75, 3.05) is 0 Å². The Bertz CT molecular complexity index is 2380. The van der Waals surface area contributed by atoms with Crippen LogP contribution in [0.25, 0.3) is 89.5 Å². The fourth-order valence-corrected chi connectivity index (χ4v) is 6.56. The molecule has 0 radical (unpaired) electrons. The predicted octanol–water partition coefficient (Wildman–Crippen LogP) is 9.96. The van der Waals surface area contributed by atoms with Gasteiger partial charge in [-0.25, -0.2) is 0 Å². The van der Waals surface area contributed by atoms with Gasteiger partial charge in [0.05, 0.1) is 45.3 Å². The summed E-state index contributed by atoms with van der Waals surface area (Å²) in [6.07, 6.45) is 10.8. The average molecular weight is 631 g/mol. The van der Waals surface area contributed by atoms with Gasteiger partial charge in [-0.2, -0.15) is 0 Å². The van der Waals surface area contributed by atoms with E-state index in [1.807, 2.05) is 122 Å². The maximum Gasteiger partial charge on any atom is 0.145 e. The first kappa shape index (κ1) is 28.4. The molecule has 0 aliphatic heterocycles. The van der Waals surface area contributed by atoms with Crippen LogP contribution in [0.3, 0.4) is 0 Å². The zero-order valence-electron chi connectivity index (χ0n) is 26.1. The van der Waals surface area contributed by atoms with Gasteiger partial charge in [0.15, 0.2) is 0 Å². The van der Waals surface area contributed by atoms with Crippen LogP contribution in [0.5, 0.6) is 0 Å². The van der Waals surface area contributed by atoms with E-state index in [4.69, 9.17) is 34.3 Å². The molecule has 0 aliphatic carbocycles. The van der Waals surface area contributed by atoms with E-state index in [0.717, 1.165) is 78.3 Å². The SMILES string of the molecule is c1ccc(-c2cc3c(oc4c(-c5ccccn5)c(-c5ccccn5)c(-c5ccccn5)cc43)c(-c3ccccn3)c2-c2ccccn2)nc1. The standard InChI is InChI=1S/C42H26N6O/c1-7-19-43-31(13-1)29-25-27-28-26-30(32-14-2-8-20-44-32)38(34-16-4-10-22-46-34)40(36-18-6-12-24-48-36)42(28)49-41(27)39(35-17-5-11-23-47-35)37(29)33-15-3-9-21-45-33/h1-26H. The Kier molecular flexibility index (Phi) is 6.98. The smallest absolute Gasteiger partial charge is 0.145 e. The number of pyridine rings is 6. The van der Waals surface area contributed by atoms with E-state index in [9.17, 15) is 0 Å². The largest absolute Gasteiger partial charge is 0.455 e. The van der Waals surface area contributed by atoms with Crippen molar-refractivity contribution in [3.63, 3.8) is 0 Å². The van der Waals surface area contributed by atoms with Crippen LogP contribution in [0.15, 0.2) is 163 Å². The molecule has 7 nitrogen and oxygen atoms in total. The quantitative estimate of drug-likeness (QED) is 0.181. The maximum atomic E-state index is 7.15. The molecule has 7 aromatic heterocycles. The third-order valence-corrected chi connectivity index (χ3v) is 8.62. The monoisotopic (exact) mass is 630 g/mol. The molecule has 49 heavy (non-hydrogen) atoms. The van der Waals surface area contributed by atoms with Crippen LogP contribution in [-0.4, -0.2) is 29.9 Å².